The summed E-state index contributed by atoms with van der Waals surface area (Å²) in [4.78, 5) is 25.9. The Bertz CT molecular complexity index is 1020. The van der Waals surface area contributed by atoms with Crippen molar-refractivity contribution in [2.24, 2.45) is 0 Å². The molecule has 1 aliphatic rings. The van der Waals surface area contributed by atoms with Gasteiger partial charge in [-0.05, 0) is 31.9 Å². The fourth-order valence-corrected chi connectivity index (χ4v) is 4.61. The second kappa shape index (κ2) is 13.5. The SMILES string of the molecule is CC.CCCN(CCC)c1nc(OCCN2CCOCC2)nc2cnc(-c3ccc(C)s3)nc12. The van der Waals surface area contributed by atoms with Crippen LogP contribution in [0.4, 0.5) is 5.82 Å². The highest BCUT2D eigenvalue weighted by molar-refractivity contribution is 7.15. The summed E-state index contributed by atoms with van der Waals surface area (Å²) in [5, 5.41) is 0. The summed E-state index contributed by atoms with van der Waals surface area (Å²) in [5.41, 5.74) is 1.49. The van der Waals surface area contributed by atoms with E-state index in [1.54, 1.807) is 17.5 Å². The van der Waals surface area contributed by atoms with E-state index in [0.29, 0.717) is 18.1 Å². The molecule has 0 bridgehead atoms. The van der Waals surface area contributed by atoms with Crippen LogP contribution in [-0.2, 0) is 4.74 Å². The van der Waals surface area contributed by atoms with Gasteiger partial charge in [-0.25, -0.2) is 9.97 Å². The van der Waals surface area contributed by atoms with Crippen LogP contribution in [0.2, 0.25) is 0 Å². The molecule has 4 heterocycles. The summed E-state index contributed by atoms with van der Waals surface area (Å²) in [7, 11) is 0. The molecule has 0 N–H and O–H groups in total. The lowest BCUT2D eigenvalue weighted by Crippen LogP contribution is -2.38. The topological polar surface area (TPSA) is 76.5 Å². The molecule has 9 heteroatoms. The van der Waals surface area contributed by atoms with Crippen molar-refractivity contribution in [1.29, 1.82) is 0 Å². The first-order valence-electron chi connectivity index (χ1n) is 12.5. The molecule has 0 spiro atoms. The number of thiophene rings is 1. The summed E-state index contributed by atoms with van der Waals surface area (Å²) < 4.78 is 11.4. The Hall–Kier alpha value is -2.36. The van der Waals surface area contributed by atoms with Gasteiger partial charge in [0.15, 0.2) is 11.6 Å². The zero-order valence-electron chi connectivity index (χ0n) is 21.2. The normalized spacial score (nSPS) is 14.0. The number of morpholine rings is 1. The van der Waals surface area contributed by atoms with Crippen molar-refractivity contribution in [2.75, 3.05) is 57.4 Å². The molecule has 0 radical (unpaired) electrons. The minimum Gasteiger partial charge on any atom is -0.462 e. The molecule has 3 aromatic rings. The molecule has 34 heavy (non-hydrogen) atoms. The molecule has 1 saturated heterocycles. The number of nitrogens with zero attached hydrogens (tertiary/aromatic N) is 6. The van der Waals surface area contributed by atoms with Crippen molar-refractivity contribution in [3.8, 4) is 16.7 Å². The summed E-state index contributed by atoms with van der Waals surface area (Å²) >= 11 is 1.69. The Morgan fingerprint density at radius 1 is 1.06 bits per heavy atom. The van der Waals surface area contributed by atoms with Gasteiger partial charge in [-0.3, -0.25) is 4.90 Å². The number of aryl methyl sites for hydroxylation is 1. The largest absolute Gasteiger partial charge is 0.462 e. The van der Waals surface area contributed by atoms with Crippen LogP contribution in [0.1, 0.15) is 45.4 Å². The predicted molar refractivity (Wildman–Crippen MR) is 140 cm³/mol. The Morgan fingerprint density at radius 2 is 1.79 bits per heavy atom. The predicted octanol–water partition coefficient (Wildman–Crippen LogP) is 4.82. The van der Waals surface area contributed by atoms with E-state index in [0.717, 1.165) is 80.8 Å². The molecule has 4 rings (SSSR count). The van der Waals surface area contributed by atoms with Gasteiger partial charge in [0.25, 0.3) is 0 Å². The summed E-state index contributed by atoms with van der Waals surface area (Å²) in [5.74, 6) is 1.55. The van der Waals surface area contributed by atoms with Crippen molar-refractivity contribution < 1.29 is 9.47 Å². The molecule has 0 atom stereocenters. The van der Waals surface area contributed by atoms with Gasteiger partial charge >= 0.3 is 6.01 Å². The van der Waals surface area contributed by atoms with Gasteiger partial charge < -0.3 is 14.4 Å². The van der Waals surface area contributed by atoms with E-state index < -0.39 is 0 Å². The maximum Gasteiger partial charge on any atom is 0.319 e. The molecule has 3 aromatic heterocycles. The fraction of sp³-hybridized carbons (Fsp3) is 0.600. The molecule has 0 aliphatic carbocycles. The average Bonchev–Trinajstić information content (AvgIpc) is 3.31. The molecular formula is C25H38N6O2S. The minimum atomic E-state index is 0.390. The van der Waals surface area contributed by atoms with Crippen LogP contribution in [0.5, 0.6) is 6.01 Å². The second-order valence-corrected chi connectivity index (χ2v) is 9.24. The van der Waals surface area contributed by atoms with Gasteiger partial charge in [0.1, 0.15) is 17.6 Å². The van der Waals surface area contributed by atoms with Crippen LogP contribution in [-0.4, -0.2) is 77.4 Å². The van der Waals surface area contributed by atoms with Crippen LogP contribution in [0.3, 0.4) is 0 Å². The van der Waals surface area contributed by atoms with Crippen LogP contribution < -0.4 is 9.64 Å². The fourth-order valence-electron chi connectivity index (χ4n) is 3.81. The first kappa shape index (κ1) is 26.2. The van der Waals surface area contributed by atoms with Gasteiger partial charge in [0, 0.05) is 37.6 Å². The zero-order chi connectivity index (χ0) is 24.3. The van der Waals surface area contributed by atoms with Crippen LogP contribution >= 0.6 is 11.3 Å². The van der Waals surface area contributed by atoms with E-state index in [4.69, 9.17) is 19.4 Å². The van der Waals surface area contributed by atoms with Crippen LogP contribution in [0.15, 0.2) is 18.3 Å². The Balaban J connectivity index is 0.00000158. The van der Waals surface area contributed by atoms with Gasteiger partial charge in [0.05, 0.1) is 24.3 Å². The lowest BCUT2D eigenvalue weighted by Gasteiger charge is -2.26. The van der Waals surface area contributed by atoms with E-state index in [1.165, 1.54) is 4.88 Å². The van der Waals surface area contributed by atoms with Crippen molar-refractivity contribution in [1.82, 2.24) is 24.8 Å². The molecule has 0 saturated carbocycles. The number of aromatic nitrogens is 4. The van der Waals surface area contributed by atoms with Crippen molar-refractivity contribution in [3.63, 3.8) is 0 Å². The number of fused-ring (bicyclic) bond motifs is 1. The zero-order valence-corrected chi connectivity index (χ0v) is 22.0. The average molecular weight is 487 g/mol. The summed E-state index contributed by atoms with van der Waals surface area (Å²) in [6.07, 6.45) is 3.85. The lowest BCUT2D eigenvalue weighted by atomic mass is 10.3. The number of rotatable bonds is 10. The van der Waals surface area contributed by atoms with Gasteiger partial charge in [0.2, 0.25) is 0 Å². The van der Waals surface area contributed by atoms with E-state index in [-0.39, 0.29) is 0 Å². The Labute approximate surface area is 207 Å². The van der Waals surface area contributed by atoms with E-state index in [2.05, 4.69) is 52.7 Å². The molecule has 1 aliphatic heterocycles. The van der Waals surface area contributed by atoms with Gasteiger partial charge in [-0.2, -0.15) is 9.97 Å². The Morgan fingerprint density at radius 3 is 2.44 bits per heavy atom. The maximum absolute atomic E-state index is 6.00. The first-order chi connectivity index (χ1) is 16.7. The quantitative estimate of drug-likeness (QED) is 0.404. The summed E-state index contributed by atoms with van der Waals surface area (Å²) in [6, 6.07) is 4.55. The number of anilines is 1. The smallest absolute Gasteiger partial charge is 0.319 e. The standard InChI is InChI=1S/C23H32N6O2S.C2H6/c1-4-8-29(9-5-2)22-20-18(16-24-21(26-20)19-7-6-17(3)32-19)25-23(27-22)31-15-12-28-10-13-30-14-11-28;1-2/h6-7,16H,4-5,8-15H2,1-3H3;1-2H3. The van der Waals surface area contributed by atoms with E-state index in [9.17, 15) is 0 Å². The second-order valence-electron chi connectivity index (χ2n) is 7.96. The molecule has 0 aromatic carbocycles. The highest BCUT2D eigenvalue weighted by atomic mass is 32.1. The molecule has 0 unspecified atom stereocenters. The molecule has 8 nitrogen and oxygen atoms in total. The molecule has 186 valence electrons. The van der Waals surface area contributed by atoms with Crippen LogP contribution in [0.25, 0.3) is 21.7 Å². The Kier molecular flexibility index (Phi) is 10.4. The van der Waals surface area contributed by atoms with Crippen LogP contribution in [0, 0.1) is 6.92 Å². The number of ether oxygens (including phenoxy) is 2. The third-order valence-electron chi connectivity index (χ3n) is 5.39. The maximum atomic E-state index is 6.00. The third kappa shape index (κ3) is 6.84. The summed E-state index contributed by atoms with van der Waals surface area (Å²) in [6.45, 7) is 17.1. The van der Waals surface area contributed by atoms with E-state index in [1.807, 2.05) is 13.8 Å². The highest BCUT2D eigenvalue weighted by Gasteiger charge is 2.18. The number of hydrogen-bond donors (Lipinski definition) is 0. The monoisotopic (exact) mass is 486 g/mol. The van der Waals surface area contributed by atoms with Gasteiger partial charge in [-0.1, -0.05) is 27.7 Å². The molecule has 0 amide bonds. The van der Waals surface area contributed by atoms with Gasteiger partial charge in [-0.15, -0.1) is 11.3 Å². The molecule has 1 fully saturated rings. The van der Waals surface area contributed by atoms with Crippen molar-refractivity contribution >= 4 is 28.2 Å². The first-order valence-corrected chi connectivity index (χ1v) is 13.3. The third-order valence-corrected chi connectivity index (χ3v) is 6.39. The number of hydrogen-bond acceptors (Lipinski definition) is 9. The van der Waals surface area contributed by atoms with E-state index >= 15 is 0 Å². The van der Waals surface area contributed by atoms with Crippen molar-refractivity contribution in [3.05, 3.63) is 23.2 Å². The highest BCUT2D eigenvalue weighted by Crippen LogP contribution is 2.29. The molecular weight excluding hydrogens is 448 g/mol. The van der Waals surface area contributed by atoms with Crippen molar-refractivity contribution in [2.45, 2.75) is 47.5 Å². The minimum absolute atomic E-state index is 0.390. The lowest BCUT2D eigenvalue weighted by molar-refractivity contribution is 0.0317.